The molecule has 9 heteroatoms. The van der Waals surface area contributed by atoms with Gasteiger partial charge in [-0.1, -0.05) is 24.3 Å². The van der Waals surface area contributed by atoms with Gasteiger partial charge in [-0.05, 0) is 56.5 Å². The van der Waals surface area contributed by atoms with Crippen molar-refractivity contribution in [2.75, 3.05) is 20.2 Å². The highest BCUT2D eigenvalue weighted by molar-refractivity contribution is 5.94. The number of nitrogens with one attached hydrogen (secondary N) is 1. The van der Waals surface area contributed by atoms with Crippen LogP contribution in [0.2, 0.25) is 0 Å². The zero-order valence-electron chi connectivity index (χ0n) is 23.0. The van der Waals surface area contributed by atoms with Gasteiger partial charge in [0.05, 0.1) is 25.0 Å². The van der Waals surface area contributed by atoms with Crippen LogP contribution in [-0.4, -0.2) is 58.9 Å². The normalized spacial score (nSPS) is 19.0. The van der Waals surface area contributed by atoms with Gasteiger partial charge in [-0.15, -0.1) is 0 Å². The minimum absolute atomic E-state index is 0.00755. The molecule has 2 atom stereocenters. The molecular weight excluding hydrogens is 496 g/mol. The summed E-state index contributed by atoms with van der Waals surface area (Å²) in [5.74, 6) is 1.42. The standard InChI is InChI=1S/C30H36N4O5/c1-19-16-34(17-20(2)39-19)30(36)23-8-5-7-21(13-23)18-38-27-10-6-9-24(28(27)37-4)15-31-29(35)26-14-25(22-11-12-22)32-33(26)3/h5-10,13-14,19-20,22H,11-12,15-18H2,1-4H3,(H,31,35). The number of morpholine rings is 1. The highest BCUT2D eigenvalue weighted by Crippen LogP contribution is 2.39. The average Bonchev–Trinajstić information content (AvgIpc) is 3.70. The van der Waals surface area contributed by atoms with Gasteiger partial charge in [0.15, 0.2) is 11.5 Å². The van der Waals surface area contributed by atoms with Crippen LogP contribution in [-0.2, 0) is 24.9 Å². The van der Waals surface area contributed by atoms with Gasteiger partial charge >= 0.3 is 0 Å². The van der Waals surface area contributed by atoms with Crippen molar-refractivity contribution < 1.29 is 23.8 Å². The molecule has 1 saturated carbocycles. The Hall–Kier alpha value is -3.85. The lowest BCUT2D eigenvalue weighted by Crippen LogP contribution is -2.48. The average molecular weight is 533 g/mol. The number of benzene rings is 2. The summed E-state index contributed by atoms with van der Waals surface area (Å²) in [6.45, 7) is 5.67. The highest BCUT2D eigenvalue weighted by atomic mass is 16.5. The molecule has 9 nitrogen and oxygen atoms in total. The Morgan fingerprint density at radius 3 is 2.54 bits per heavy atom. The third kappa shape index (κ3) is 6.25. The maximum atomic E-state index is 13.1. The van der Waals surface area contributed by atoms with Gasteiger partial charge in [0.25, 0.3) is 11.8 Å². The second kappa shape index (κ2) is 11.5. The maximum absolute atomic E-state index is 13.1. The van der Waals surface area contributed by atoms with E-state index < -0.39 is 0 Å². The monoisotopic (exact) mass is 532 g/mol. The molecule has 2 aromatic carbocycles. The van der Waals surface area contributed by atoms with Crippen LogP contribution in [0.25, 0.3) is 0 Å². The van der Waals surface area contributed by atoms with E-state index in [0.717, 1.165) is 29.7 Å². The Kier molecular flexibility index (Phi) is 7.88. The lowest BCUT2D eigenvalue weighted by Gasteiger charge is -2.35. The zero-order chi connectivity index (χ0) is 27.5. The summed E-state index contributed by atoms with van der Waals surface area (Å²) >= 11 is 0. The quantitative estimate of drug-likeness (QED) is 0.447. The van der Waals surface area contributed by atoms with E-state index in [-0.39, 0.29) is 37.2 Å². The number of rotatable bonds is 9. The fourth-order valence-corrected chi connectivity index (χ4v) is 5.07. The molecule has 2 aliphatic rings. The number of ether oxygens (including phenoxy) is 3. The third-order valence-electron chi connectivity index (χ3n) is 7.11. The Morgan fingerprint density at radius 2 is 1.82 bits per heavy atom. The van der Waals surface area contributed by atoms with Crippen molar-refractivity contribution in [2.45, 2.75) is 58.0 Å². The van der Waals surface area contributed by atoms with E-state index in [9.17, 15) is 9.59 Å². The molecule has 1 aromatic heterocycles. The highest BCUT2D eigenvalue weighted by Gasteiger charge is 2.28. The van der Waals surface area contributed by atoms with E-state index in [1.165, 1.54) is 0 Å². The number of amides is 2. The minimum Gasteiger partial charge on any atom is -0.493 e. The van der Waals surface area contributed by atoms with Crippen molar-refractivity contribution in [3.05, 3.63) is 76.6 Å². The van der Waals surface area contributed by atoms with Crippen LogP contribution in [0.3, 0.4) is 0 Å². The second-order valence-electron chi connectivity index (χ2n) is 10.4. The van der Waals surface area contributed by atoms with Crippen LogP contribution in [0.15, 0.2) is 48.5 Å². The number of aryl methyl sites for hydroxylation is 1. The van der Waals surface area contributed by atoms with E-state index in [4.69, 9.17) is 14.2 Å². The smallest absolute Gasteiger partial charge is 0.269 e. The first-order valence-electron chi connectivity index (χ1n) is 13.5. The summed E-state index contributed by atoms with van der Waals surface area (Å²) in [6, 6.07) is 15.0. The topological polar surface area (TPSA) is 94.9 Å². The summed E-state index contributed by atoms with van der Waals surface area (Å²) in [5.41, 5.74) is 3.82. The van der Waals surface area contributed by atoms with Crippen molar-refractivity contribution >= 4 is 11.8 Å². The molecule has 39 heavy (non-hydrogen) atoms. The molecule has 3 aromatic rings. The van der Waals surface area contributed by atoms with Gasteiger partial charge in [-0.3, -0.25) is 14.3 Å². The Balaban J connectivity index is 1.23. The van der Waals surface area contributed by atoms with E-state index >= 15 is 0 Å². The molecule has 206 valence electrons. The molecule has 0 spiro atoms. The van der Waals surface area contributed by atoms with Crippen LogP contribution in [0.5, 0.6) is 11.5 Å². The van der Waals surface area contributed by atoms with Crippen LogP contribution >= 0.6 is 0 Å². The number of para-hydroxylation sites is 1. The van der Waals surface area contributed by atoms with Crippen molar-refractivity contribution in [3.63, 3.8) is 0 Å². The van der Waals surface area contributed by atoms with Gasteiger partial charge in [0.1, 0.15) is 12.3 Å². The molecule has 0 bridgehead atoms. The first-order chi connectivity index (χ1) is 18.8. The summed E-state index contributed by atoms with van der Waals surface area (Å²) in [4.78, 5) is 27.8. The van der Waals surface area contributed by atoms with E-state index in [1.807, 2.05) is 67.3 Å². The number of hydrogen-bond acceptors (Lipinski definition) is 6. The molecule has 1 N–H and O–H groups in total. The fourth-order valence-electron chi connectivity index (χ4n) is 5.07. The molecule has 0 radical (unpaired) electrons. The molecule has 1 saturated heterocycles. The fraction of sp³-hybridized carbons (Fsp3) is 0.433. The van der Waals surface area contributed by atoms with Crippen molar-refractivity contribution in [3.8, 4) is 11.5 Å². The lowest BCUT2D eigenvalue weighted by molar-refractivity contribution is -0.0586. The number of nitrogens with zero attached hydrogens (tertiary/aromatic N) is 3. The SMILES string of the molecule is COc1c(CNC(=O)c2cc(C3CC3)nn2C)cccc1OCc1cccc(C(=O)N2CC(C)OC(C)C2)c1. The lowest BCUT2D eigenvalue weighted by atomic mass is 10.1. The predicted octanol–water partition coefficient (Wildman–Crippen LogP) is 4.06. The van der Waals surface area contributed by atoms with Gasteiger partial charge in [0, 0.05) is 43.7 Å². The molecule has 2 amide bonds. The third-order valence-corrected chi connectivity index (χ3v) is 7.11. The second-order valence-corrected chi connectivity index (χ2v) is 10.4. The number of methoxy groups -OCH3 is 1. The Bertz CT molecular complexity index is 1340. The molecule has 2 fully saturated rings. The van der Waals surface area contributed by atoms with Crippen LogP contribution in [0.1, 0.15) is 70.3 Å². The summed E-state index contributed by atoms with van der Waals surface area (Å²) in [6.07, 6.45) is 2.29. The summed E-state index contributed by atoms with van der Waals surface area (Å²) < 4.78 is 19.2. The predicted molar refractivity (Wildman–Crippen MR) is 146 cm³/mol. The van der Waals surface area contributed by atoms with E-state index in [2.05, 4.69) is 10.4 Å². The number of carbonyl (C=O) groups is 2. The van der Waals surface area contributed by atoms with Crippen LogP contribution in [0.4, 0.5) is 0 Å². The van der Waals surface area contributed by atoms with Gasteiger partial charge in [-0.25, -0.2) is 0 Å². The van der Waals surface area contributed by atoms with E-state index in [0.29, 0.717) is 41.8 Å². The maximum Gasteiger partial charge on any atom is 0.269 e. The summed E-state index contributed by atoms with van der Waals surface area (Å²) in [5, 5.41) is 7.46. The first kappa shape index (κ1) is 26.7. The molecule has 1 aliphatic heterocycles. The van der Waals surface area contributed by atoms with E-state index in [1.54, 1.807) is 18.8 Å². The largest absolute Gasteiger partial charge is 0.493 e. The van der Waals surface area contributed by atoms with Crippen LogP contribution < -0.4 is 14.8 Å². The van der Waals surface area contributed by atoms with Gasteiger partial charge < -0.3 is 24.4 Å². The molecule has 2 heterocycles. The first-order valence-corrected chi connectivity index (χ1v) is 13.5. The molecule has 5 rings (SSSR count). The number of carbonyl (C=O) groups excluding carboxylic acids is 2. The molecular formula is C30H36N4O5. The Morgan fingerprint density at radius 1 is 1.08 bits per heavy atom. The Labute approximate surface area is 229 Å². The van der Waals surface area contributed by atoms with Crippen molar-refractivity contribution in [1.29, 1.82) is 0 Å². The molecule has 2 unspecified atom stereocenters. The van der Waals surface area contributed by atoms with Gasteiger partial charge in [-0.2, -0.15) is 5.10 Å². The number of hydrogen-bond donors (Lipinski definition) is 1. The summed E-state index contributed by atoms with van der Waals surface area (Å²) in [7, 11) is 3.38. The molecule has 1 aliphatic carbocycles. The van der Waals surface area contributed by atoms with Gasteiger partial charge in [0.2, 0.25) is 0 Å². The zero-order valence-corrected chi connectivity index (χ0v) is 23.0. The number of aromatic nitrogens is 2. The van der Waals surface area contributed by atoms with Crippen molar-refractivity contribution in [1.82, 2.24) is 20.0 Å². The minimum atomic E-state index is -0.184. The van der Waals surface area contributed by atoms with Crippen molar-refractivity contribution in [2.24, 2.45) is 7.05 Å². The van der Waals surface area contributed by atoms with Crippen LogP contribution in [0, 0.1) is 0 Å².